The normalized spacial score (nSPS) is 10.8. The molecule has 0 unspecified atom stereocenters. The molecule has 0 bridgehead atoms. The number of hydrogen-bond donors (Lipinski definition) is 1. The monoisotopic (exact) mass is 252 g/mol. The lowest BCUT2D eigenvalue weighted by atomic mass is 10.0. The Morgan fingerprint density at radius 3 is 2.58 bits per heavy atom. The minimum atomic E-state index is -0.869. The molecule has 0 aliphatic heterocycles. The number of carbonyl (C=O) groups is 1. The van der Waals surface area contributed by atoms with Gasteiger partial charge in [-0.15, -0.1) is 0 Å². The summed E-state index contributed by atoms with van der Waals surface area (Å²) in [6.07, 6.45) is 4.62. The van der Waals surface area contributed by atoms with E-state index in [0.29, 0.717) is 12.0 Å². The number of carboxylic acid groups (broad SMARTS) is 1. The number of aromatic carboxylic acids is 1. The summed E-state index contributed by atoms with van der Waals surface area (Å²) in [6.45, 7) is 1.90. The van der Waals surface area contributed by atoms with E-state index in [1.165, 1.54) is 0 Å². The van der Waals surface area contributed by atoms with Crippen molar-refractivity contribution in [2.75, 3.05) is 0 Å². The van der Waals surface area contributed by atoms with Crippen molar-refractivity contribution >= 4 is 12.0 Å². The Balaban J connectivity index is 2.16. The maximum absolute atomic E-state index is 11.2. The Kier molecular flexibility index (Phi) is 4.14. The van der Waals surface area contributed by atoms with Crippen LogP contribution in [0.3, 0.4) is 0 Å². The van der Waals surface area contributed by atoms with Gasteiger partial charge < -0.3 is 5.11 Å². The minimum absolute atomic E-state index is 0.387. The Labute approximate surface area is 113 Å². The van der Waals surface area contributed by atoms with E-state index in [0.717, 1.165) is 16.7 Å². The maximum atomic E-state index is 11.2. The topological polar surface area (TPSA) is 37.3 Å². The van der Waals surface area contributed by atoms with Crippen LogP contribution in [0.2, 0.25) is 0 Å². The van der Waals surface area contributed by atoms with Crippen LogP contribution in [0.25, 0.3) is 6.08 Å². The molecular formula is C17H16O2. The van der Waals surface area contributed by atoms with Crippen LogP contribution in [0.1, 0.15) is 27.0 Å². The van der Waals surface area contributed by atoms with E-state index in [2.05, 4.69) is 0 Å². The van der Waals surface area contributed by atoms with Crippen molar-refractivity contribution in [2.45, 2.75) is 13.3 Å². The quantitative estimate of drug-likeness (QED) is 0.894. The van der Waals surface area contributed by atoms with Crippen molar-refractivity contribution in [3.8, 4) is 0 Å². The molecule has 0 aliphatic carbocycles. The molecule has 96 valence electrons. The van der Waals surface area contributed by atoms with Gasteiger partial charge in [-0.3, -0.25) is 0 Å². The first-order chi connectivity index (χ1) is 9.16. The molecule has 0 aromatic heterocycles. The van der Waals surface area contributed by atoms with E-state index in [4.69, 9.17) is 0 Å². The SMILES string of the molecule is Cc1ccc(C/C=C/c2ccccc2)c(C(=O)O)c1. The Morgan fingerprint density at radius 1 is 1.16 bits per heavy atom. The van der Waals surface area contributed by atoms with Crippen molar-refractivity contribution in [3.63, 3.8) is 0 Å². The van der Waals surface area contributed by atoms with E-state index < -0.39 is 5.97 Å². The fourth-order valence-corrected chi connectivity index (χ4v) is 1.95. The average Bonchev–Trinajstić information content (AvgIpc) is 2.41. The van der Waals surface area contributed by atoms with Gasteiger partial charge in [-0.05, 0) is 30.5 Å². The van der Waals surface area contributed by atoms with E-state index in [1.54, 1.807) is 6.07 Å². The Hall–Kier alpha value is -2.35. The smallest absolute Gasteiger partial charge is 0.335 e. The molecule has 0 radical (unpaired) electrons. The average molecular weight is 252 g/mol. The first-order valence-corrected chi connectivity index (χ1v) is 6.21. The fraction of sp³-hybridized carbons (Fsp3) is 0.118. The predicted octanol–water partition coefficient (Wildman–Crippen LogP) is 3.95. The zero-order chi connectivity index (χ0) is 13.7. The molecule has 0 spiro atoms. The number of hydrogen-bond acceptors (Lipinski definition) is 1. The highest BCUT2D eigenvalue weighted by Crippen LogP contribution is 2.14. The van der Waals surface area contributed by atoms with E-state index in [1.807, 2.05) is 61.5 Å². The molecular weight excluding hydrogens is 236 g/mol. The number of allylic oxidation sites excluding steroid dienone is 1. The van der Waals surface area contributed by atoms with Gasteiger partial charge in [-0.25, -0.2) is 4.79 Å². The highest BCUT2D eigenvalue weighted by molar-refractivity contribution is 5.89. The van der Waals surface area contributed by atoms with Gasteiger partial charge in [0.05, 0.1) is 5.56 Å². The summed E-state index contributed by atoms with van der Waals surface area (Å²) in [6, 6.07) is 15.5. The predicted molar refractivity (Wildman–Crippen MR) is 77.3 cm³/mol. The zero-order valence-corrected chi connectivity index (χ0v) is 10.8. The second-order valence-corrected chi connectivity index (χ2v) is 4.48. The van der Waals surface area contributed by atoms with Gasteiger partial charge in [-0.1, -0.05) is 60.2 Å². The second-order valence-electron chi connectivity index (χ2n) is 4.48. The maximum Gasteiger partial charge on any atom is 0.335 e. The molecule has 0 amide bonds. The molecule has 2 heteroatoms. The second kappa shape index (κ2) is 6.01. The van der Waals surface area contributed by atoms with Gasteiger partial charge in [0.25, 0.3) is 0 Å². The highest BCUT2D eigenvalue weighted by atomic mass is 16.4. The molecule has 0 saturated heterocycles. The first kappa shape index (κ1) is 13.1. The van der Waals surface area contributed by atoms with Crippen LogP contribution in [0, 0.1) is 6.92 Å². The van der Waals surface area contributed by atoms with Crippen molar-refractivity contribution in [2.24, 2.45) is 0 Å². The highest BCUT2D eigenvalue weighted by Gasteiger charge is 2.08. The summed E-state index contributed by atoms with van der Waals surface area (Å²) in [5.74, 6) is -0.869. The Bertz CT molecular complexity index is 598. The molecule has 0 heterocycles. The van der Waals surface area contributed by atoms with Crippen molar-refractivity contribution < 1.29 is 9.90 Å². The van der Waals surface area contributed by atoms with Gasteiger partial charge >= 0.3 is 5.97 Å². The summed E-state index contributed by atoms with van der Waals surface area (Å²) in [5.41, 5.74) is 3.31. The third kappa shape index (κ3) is 3.55. The minimum Gasteiger partial charge on any atom is -0.478 e. The molecule has 0 aliphatic rings. The standard InChI is InChI=1S/C17H16O2/c1-13-10-11-15(16(12-13)17(18)19)9-5-8-14-6-3-2-4-7-14/h2-8,10-12H,9H2,1H3,(H,18,19)/b8-5+. The van der Waals surface area contributed by atoms with Crippen LogP contribution in [0.5, 0.6) is 0 Å². The molecule has 0 fully saturated rings. The summed E-state index contributed by atoms with van der Waals surface area (Å²) in [5, 5.41) is 9.18. The van der Waals surface area contributed by atoms with Crippen molar-refractivity contribution in [1.29, 1.82) is 0 Å². The van der Waals surface area contributed by atoms with Crippen LogP contribution in [0.4, 0.5) is 0 Å². The lowest BCUT2D eigenvalue weighted by molar-refractivity contribution is 0.0696. The zero-order valence-electron chi connectivity index (χ0n) is 10.8. The van der Waals surface area contributed by atoms with Gasteiger partial charge in [0.2, 0.25) is 0 Å². The Morgan fingerprint density at radius 2 is 1.89 bits per heavy atom. The van der Waals surface area contributed by atoms with E-state index >= 15 is 0 Å². The largest absolute Gasteiger partial charge is 0.478 e. The van der Waals surface area contributed by atoms with Crippen LogP contribution >= 0.6 is 0 Å². The van der Waals surface area contributed by atoms with Crippen LogP contribution in [-0.2, 0) is 6.42 Å². The van der Waals surface area contributed by atoms with Gasteiger partial charge in [0.1, 0.15) is 0 Å². The number of rotatable bonds is 4. The molecule has 19 heavy (non-hydrogen) atoms. The van der Waals surface area contributed by atoms with Crippen LogP contribution in [-0.4, -0.2) is 11.1 Å². The molecule has 1 N–H and O–H groups in total. The van der Waals surface area contributed by atoms with Crippen molar-refractivity contribution in [3.05, 3.63) is 76.9 Å². The van der Waals surface area contributed by atoms with Gasteiger partial charge in [-0.2, -0.15) is 0 Å². The van der Waals surface area contributed by atoms with E-state index in [9.17, 15) is 9.90 Å². The first-order valence-electron chi connectivity index (χ1n) is 6.21. The van der Waals surface area contributed by atoms with Crippen molar-refractivity contribution in [1.82, 2.24) is 0 Å². The lowest BCUT2D eigenvalue weighted by Crippen LogP contribution is -2.02. The summed E-state index contributed by atoms with van der Waals surface area (Å²) >= 11 is 0. The summed E-state index contributed by atoms with van der Waals surface area (Å²) < 4.78 is 0. The number of benzene rings is 2. The van der Waals surface area contributed by atoms with E-state index in [-0.39, 0.29) is 0 Å². The van der Waals surface area contributed by atoms with Crippen LogP contribution in [0.15, 0.2) is 54.6 Å². The summed E-state index contributed by atoms with van der Waals surface area (Å²) in [7, 11) is 0. The lowest BCUT2D eigenvalue weighted by Gasteiger charge is -2.04. The molecule has 2 aromatic rings. The molecule has 2 rings (SSSR count). The third-order valence-corrected chi connectivity index (χ3v) is 2.94. The molecule has 0 saturated carbocycles. The number of aryl methyl sites for hydroxylation is 1. The van der Waals surface area contributed by atoms with Gasteiger partial charge in [0.15, 0.2) is 0 Å². The van der Waals surface area contributed by atoms with Gasteiger partial charge in [0, 0.05) is 0 Å². The third-order valence-electron chi connectivity index (χ3n) is 2.94. The molecule has 0 atom stereocenters. The summed E-state index contributed by atoms with van der Waals surface area (Å²) in [4.78, 5) is 11.2. The fourth-order valence-electron chi connectivity index (χ4n) is 1.95. The number of carboxylic acids is 1. The molecule has 2 aromatic carbocycles. The van der Waals surface area contributed by atoms with Crippen LogP contribution < -0.4 is 0 Å². The molecule has 2 nitrogen and oxygen atoms in total.